The van der Waals surface area contributed by atoms with Gasteiger partial charge in [0.25, 0.3) is 5.56 Å². The molecular weight excluding hydrogens is 320 g/mol. The highest BCUT2D eigenvalue weighted by Gasteiger charge is 2.10. The van der Waals surface area contributed by atoms with E-state index in [1.807, 2.05) is 30.5 Å². The van der Waals surface area contributed by atoms with E-state index in [1.165, 1.54) is 11.8 Å². The maximum absolute atomic E-state index is 12.1. The largest absolute Gasteiger partial charge is 0.493 e. The molecule has 0 bridgehead atoms. The van der Waals surface area contributed by atoms with E-state index < -0.39 is 0 Å². The van der Waals surface area contributed by atoms with Crippen LogP contribution in [0, 0.1) is 5.92 Å². The Morgan fingerprint density at radius 3 is 2.55 bits per heavy atom. The number of hydrogen-bond acceptors (Lipinski definition) is 4. The first kappa shape index (κ1) is 16.9. The lowest BCUT2D eigenvalue weighted by Crippen LogP contribution is -2.16. The number of benzene rings is 1. The van der Waals surface area contributed by atoms with Crippen molar-refractivity contribution in [3.05, 3.63) is 50.9 Å². The van der Waals surface area contributed by atoms with Crippen molar-refractivity contribution in [1.82, 2.24) is 9.97 Å². The molecule has 0 amide bonds. The Balaban J connectivity index is 2.13. The van der Waals surface area contributed by atoms with Crippen LogP contribution >= 0.6 is 23.4 Å². The number of nitrogens with one attached hydrogen (secondary N) is 1. The van der Waals surface area contributed by atoms with Crippen molar-refractivity contribution in [2.45, 2.75) is 25.4 Å². The summed E-state index contributed by atoms with van der Waals surface area (Å²) in [5, 5.41) is 0.782. The Morgan fingerprint density at radius 1 is 1.32 bits per heavy atom. The van der Waals surface area contributed by atoms with Gasteiger partial charge in [0.2, 0.25) is 0 Å². The van der Waals surface area contributed by atoms with Crippen LogP contribution in [-0.4, -0.2) is 22.8 Å². The summed E-state index contributed by atoms with van der Waals surface area (Å²) in [6.45, 7) is 4.90. The molecule has 1 N–H and O–H groups in total. The third-order valence-electron chi connectivity index (χ3n) is 3.02. The van der Waals surface area contributed by atoms with Gasteiger partial charge >= 0.3 is 0 Å². The molecule has 1 aromatic heterocycles. The van der Waals surface area contributed by atoms with E-state index >= 15 is 0 Å². The number of halogens is 1. The first-order valence-electron chi connectivity index (χ1n) is 7.04. The van der Waals surface area contributed by atoms with E-state index in [-0.39, 0.29) is 10.7 Å². The van der Waals surface area contributed by atoms with Crippen LogP contribution in [0.4, 0.5) is 0 Å². The van der Waals surface area contributed by atoms with E-state index in [4.69, 9.17) is 16.3 Å². The summed E-state index contributed by atoms with van der Waals surface area (Å²) in [6, 6.07) is 7.69. The van der Waals surface area contributed by atoms with Crippen molar-refractivity contribution in [2.24, 2.45) is 5.92 Å². The summed E-state index contributed by atoms with van der Waals surface area (Å²) in [6.07, 6.45) is 2.28. The Kier molecular flexibility index (Phi) is 5.91. The zero-order valence-electron chi connectivity index (χ0n) is 12.9. The smallest absolute Gasteiger partial charge is 0.256 e. The number of nitrogens with zero attached hydrogens (tertiary/aromatic N) is 1. The van der Waals surface area contributed by atoms with E-state index in [1.54, 1.807) is 0 Å². The van der Waals surface area contributed by atoms with Crippen molar-refractivity contribution >= 4 is 23.4 Å². The fourth-order valence-corrected chi connectivity index (χ4v) is 2.54. The molecule has 0 saturated carbocycles. The molecule has 0 saturated heterocycles. The highest BCUT2D eigenvalue weighted by molar-refractivity contribution is 7.98. The first-order chi connectivity index (χ1) is 10.5. The average molecular weight is 339 g/mol. The van der Waals surface area contributed by atoms with Gasteiger partial charge in [0.05, 0.1) is 12.2 Å². The summed E-state index contributed by atoms with van der Waals surface area (Å²) in [7, 11) is 0. The molecule has 0 atom stereocenters. The summed E-state index contributed by atoms with van der Waals surface area (Å²) < 4.78 is 5.64. The zero-order valence-corrected chi connectivity index (χ0v) is 14.4. The van der Waals surface area contributed by atoms with Crippen LogP contribution in [0.5, 0.6) is 5.75 Å². The minimum absolute atomic E-state index is 0.190. The summed E-state index contributed by atoms with van der Waals surface area (Å²) >= 11 is 7.46. The van der Waals surface area contributed by atoms with Crippen LogP contribution in [0.25, 0.3) is 0 Å². The third-order valence-corrected chi connectivity index (χ3v) is 3.92. The normalized spacial score (nSPS) is 11.0. The number of rotatable bonds is 6. The highest BCUT2D eigenvalue weighted by atomic mass is 35.5. The molecule has 118 valence electrons. The molecule has 0 aliphatic carbocycles. The van der Waals surface area contributed by atoms with Crippen molar-refractivity contribution in [2.75, 3.05) is 12.9 Å². The minimum atomic E-state index is -0.190. The number of ether oxygens (including phenoxy) is 1. The van der Waals surface area contributed by atoms with Gasteiger partial charge < -0.3 is 9.72 Å². The molecule has 4 nitrogen and oxygen atoms in total. The Bertz CT molecular complexity index is 684. The lowest BCUT2D eigenvalue weighted by molar-refractivity contribution is 0.271. The maximum atomic E-state index is 12.1. The van der Waals surface area contributed by atoms with Crippen molar-refractivity contribution in [3.63, 3.8) is 0 Å². The SMILES string of the molecule is CSc1nc(Cl)c(Cc2ccc(OCC(C)C)cc2)c(=O)[nH]1. The molecule has 0 spiro atoms. The molecule has 2 aromatic rings. The van der Waals surface area contributed by atoms with Crippen LogP contribution in [0.1, 0.15) is 25.0 Å². The number of aromatic nitrogens is 2. The second kappa shape index (κ2) is 7.70. The van der Waals surface area contributed by atoms with Gasteiger partial charge in [0, 0.05) is 6.42 Å². The molecule has 22 heavy (non-hydrogen) atoms. The average Bonchev–Trinajstić information content (AvgIpc) is 2.49. The topological polar surface area (TPSA) is 55.0 Å². The molecule has 2 rings (SSSR count). The number of hydrogen-bond donors (Lipinski definition) is 1. The monoisotopic (exact) mass is 338 g/mol. The molecule has 1 aromatic carbocycles. The van der Waals surface area contributed by atoms with Gasteiger partial charge in [-0.3, -0.25) is 4.79 Å². The van der Waals surface area contributed by atoms with E-state index in [2.05, 4.69) is 23.8 Å². The molecule has 0 radical (unpaired) electrons. The van der Waals surface area contributed by atoms with Gasteiger partial charge in [-0.2, -0.15) is 0 Å². The molecule has 0 fully saturated rings. The maximum Gasteiger partial charge on any atom is 0.256 e. The molecule has 0 unspecified atom stereocenters. The number of thioether (sulfide) groups is 1. The Hall–Kier alpha value is -1.46. The van der Waals surface area contributed by atoms with Crippen LogP contribution in [0.15, 0.2) is 34.2 Å². The third kappa shape index (κ3) is 4.52. The van der Waals surface area contributed by atoms with Crippen molar-refractivity contribution in [3.8, 4) is 5.75 Å². The number of H-pyrrole nitrogens is 1. The second-order valence-electron chi connectivity index (χ2n) is 5.37. The van der Waals surface area contributed by atoms with Crippen molar-refractivity contribution < 1.29 is 4.74 Å². The second-order valence-corrected chi connectivity index (χ2v) is 6.52. The summed E-state index contributed by atoms with van der Waals surface area (Å²) in [4.78, 5) is 18.9. The van der Waals surface area contributed by atoms with Gasteiger partial charge in [-0.1, -0.05) is 49.3 Å². The fraction of sp³-hybridized carbons (Fsp3) is 0.375. The standard InChI is InChI=1S/C16H19ClN2O2S/c1-10(2)9-21-12-6-4-11(5-7-12)8-13-14(17)18-16(22-3)19-15(13)20/h4-7,10H,8-9H2,1-3H3,(H,18,19,20). The molecular formula is C16H19ClN2O2S. The predicted octanol–water partition coefficient (Wildman–Crippen LogP) is 3.77. The van der Waals surface area contributed by atoms with Gasteiger partial charge in [0.15, 0.2) is 5.16 Å². The zero-order chi connectivity index (χ0) is 16.1. The predicted molar refractivity (Wildman–Crippen MR) is 91.2 cm³/mol. The van der Waals surface area contributed by atoms with Gasteiger partial charge in [-0.05, 0) is 29.9 Å². The first-order valence-corrected chi connectivity index (χ1v) is 8.64. The van der Waals surface area contributed by atoms with E-state index in [9.17, 15) is 4.79 Å². The van der Waals surface area contributed by atoms with Gasteiger partial charge in [-0.15, -0.1) is 0 Å². The lowest BCUT2D eigenvalue weighted by Gasteiger charge is -2.09. The van der Waals surface area contributed by atoms with E-state index in [0.717, 1.165) is 11.3 Å². The van der Waals surface area contributed by atoms with E-state index in [0.29, 0.717) is 29.7 Å². The minimum Gasteiger partial charge on any atom is -0.493 e. The van der Waals surface area contributed by atoms with Crippen LogP contribution in [0.3, 0.4) is 0 Å². The highest BCUT2D eigenvalue weighted by Crippen LogP contribution is 2.19. The molecule has 1 heterocycles. The Morgan fingerprint density at radius 2 is 2.00 bits per heavy atom. The lowest BCUT2D eigenvalue weighted by atomic mass is 10.1. The van der Waals surface area contributed by atoms with Crippen LogP contribution < -0.4 is 10.3 Å². The summed E-state index contributed by atoms with van der Waals surface area (Å²) in [5.41, 5.74) is 1.28. The number of aromatic amines is 1. The summed E-state index contributed by atoms with van der Waals surface area (Å²) in [5.74, 6) is 1.31. The fourth-order valence-electron chi connectivity index (χ4n) is 1.87. The molecule has 0 aliphatic rings. The van der Waals surface area contributed by atoms with Crippen LogP contribution in [0.2, 0.25) is 5.15 Å². The molecule has 6 heteroatoms. The van der Waals surface area contributed by atoms with Gasteiger partial charge in [0.1, 0.15) is 10.9 Å². The van der Waals surface area contributed by atoms with Gasteiger partial charge in [-0.25, -0.2) is 4.98 Å². The van der Waals surface area contributed by atoms with Crippen molar-refractivity contribution in [1.29, 1.82) is 0 Å². The Labute approximate surface area is 139 Å². The quantitative estimate of drug-likeness (QED) is 0.495. The van der Waals surface area contributed by atoms with Crippen LogP contribution in [-0.2, 0) is 6.42 Å². The molecule has 0 aliphatic heterocycles.